The molecule has 0 spiro atoms. The molecule has 2 nitrogen and oxygen atoms in total. The molecule has 0 aromatic heterocycles. The predicted octanol–water partition coefficient (Wildman–Crippen LogP) is 2.37. The lowest BCUT2D eigenvalue weighted by molar-refractivity contribution is -0.112. The fraction of sp³-hybridized carbons (Fsp3) is 0.455. The lowest BCUT2D eigenvalue weighted by Gasteiger charge is -2.24. The lowest BCUT2D eigenvalue weighted by Crippen LogP contribution is -2.22. The number of carbonyl (C=O) groups excluding carboxylic acids is 1. The number of hydrogen-bond donors (Lipinski definition) is 0. The summed E-state index contributed by atoms with van der Waals surface area (Å²) in [6.07, 6.45) is 0. The number of nitrogens with zero attached hydrogens (tertiary/aromatic N) is 1. The fourth-order valence-electron chi connectivity index (χ4n) is 1.75. The largest absolute Gasteiger partial charge is 0.289 e. The summed E-state index contributed by atoms with van der Waals surface area (Å²) in [5, 5.41) is 0. The second-order valence-corrected chi connectivity index (χ2v) is 4.72. The minimum Gasteiger partial charge on any atom is -0.289 e. The second kappa shape index (κ2) is 3.39. The quantitative estimate of drug-likeness (QED) is 0.571. The van der Waals surface area contributed by atoms with Gasteiger partial charge in [-0.2, -0.15) is 0 Å². The normalized spacial score (nSPS) is 22.5. The maximum Gasteiger partial charge on any atom is 0.185 e. The third kappa shape index (κ3) is 1.27. The molecule has 0 bridgehead atoms. The molecule has 1 aliphatic carbocycles. The Bertz CT molecular complexity index is 402. The van der Waals surface area contributed by atoms with Crippen molar-refractivity contribution in [1.29, 1.82) is 0 Å². The van der Waals surface area contributed by atoms with Gasteiger partial charge in [-0.1, -0.05) is 0 Å². The average Bonchev–Trinajstić information content (AvgIpc) is 2.23. The molecule has 1 aliphatic heterocycles. The van der Waals surface area contributed by atoms with Crippen LogP contribution in [0.2, 0.25) is 0 Å². The van der Waals surface area contributed by atoms with Gasteiger partial charge >= 0.3 is 0 Å². The van der Waals surface area contributed by atoms with E-state index in [0.29, 0.717) is 0 Å². The Morgan fingerprint density at radius 1 is 1.14 bits per heavy atom. The van der Waals surface area contributed by atoms with Crippen molar-refractivity contribution in [2.24, 2.45) is 4.99 Å². The van der Waals surface area contributed by atoms with Gasteiger partial charge in [0.05, 0.1) is 5.71 Å². The van der Waals surface area contributed by atoms with Gasteiger partial charge in [0.2, 0.25) is 0 Å². The number of ketones is 1. The van der Waals surface area contributed by atoms with Crippen LogP contribution in [0.4, 0.5) is 0 Å². The molecule has 0 aromatic carbocycles. The summed E-state index contributed by atoms with van der Waals surface area (Å²) in [7, 11) is 0. The molecule has 1 heterocycles. The first-order valence-corrected chi connectivity index (χ1v) is 5.72. The second-order valence-electron chi connectivity index (χ2n) is 3.61. The van der Waals surface area contributed by atoms with Crippen LogP contribution in [0, 0.1) is 0 Å². The number of carbonyl (C=O) groups is 1. The van der Waals surface area contributed by atoms with Crippen molar-refractivity contribution in [3.8, 4) is 0 Å². The van der Waals surface area contributed by atoms with Crippen molar-refractivity contribution in [3.63, 3.8) is 0 Å². The van der Waals surface area contributed by atoms with Gasteiger partial charge in [0.15, 0.2) is 5.78 Å². The van der Waals surface area contributed by atoms with Crippen LogP contribution in [0.5, 0.6) is 0 Å². The van der Waals surface area contributed by atoms with Gasteiger partial charge in [-0.3, -0.25) is 9.79 Å². The van der Waals surface area contributed by atoms with Gasteiger partial charge in [0.25, 0.3) is 0 Å². The molecule has 0 unspecified atom stereocenters. The number of allylic oxidation sites excluding steroid dienone is 4. The standard InChI is InChI=1S/C11H13NOS/c1-6-7(2)10(13)8(3)11-9(6)12-4-5-14-11/h4-5H2,1-3H3. The van der Waals surface area contributed by atoms with E-state index >= 15 is 0 Å². The lowest BCUT2D eigenvalue weighted by atomic mass is 9.91. The van der Waals surface area contributed by atoms with Crippen molar-refractivity contribution >= 4 is 23.3 Å². The van der Waals surface area contributed by atoms with Gasteiger partial charge in [-0.25, -0.2) is 0 Å². The van der Waals surface area contributed by atoms with Crippen LogP contribution < -0.4 is 0 Å². The van der Waals surface area contributed by atoms with E-state index in [4.69, 9.17) is 0 Å². The number of rotatable bonds is 0. The zero-order valence-corrected chi connectivity index (χ0v) is 9.49. The molecule has 0 aromatic rings. The summed E-state index contributed by atoms with van der Waals surface area (Å²) in [6.45, 7) is 6.65. The van der Waals surface area contributed by atoms with E-state index in [-0.39, 0.29) is 5.78 Å². The molecular weight excluding hydrogens is 194 g/mol. The highest BCUT2D eigenvalue weighted by atomic mass is 32.2. The van der Waals surface area contributed by atoms with Crippen LogP contribution in [-0.4, -0.2) is 23.8 Å². The minimum atomic E-state index is 0.186. The number of fused-ring (bicyclic) bond motifs is 1. The van der Waals surface area contributed by atoms with Crippen LogP contribution in [0.15, 0.2) is 26.6 Å². The van der Waals surface area contributed by atoms with Gasteiger partial charge in [-0.05, 0) is 26.3 Å². The van der Waals surface area contributed by atoms with E-state index in [1.165, 1.54) is 0 Å². The molecule has 74 valence electrons. The highest BCUT2D eigenvalue weighted by molar-refractivity contribution is 8.04. The molecule has 0 amide bonds. The first-order chi connectivity index (χ1) is 6.63. The maximum atomic E-state index is 11.8. The molecule has 2 aliphatic rings. The van der Waals surface area contributed by atoms with Crippen molar-refractivity contribution in [1.82, 2.24) is 0 Å². The molecule has 0 fully saturated rings. The fourth-order valence-corrected chi connectivity index (χ4v) is 2.80. The number of hydrogen-bond acceptors (Lipinski definition) is 3. The Morgan fingerprint density at radius 3 is 2.57 bits per heavy atom. The van der Waals surface area contributed by atoms with Gasteiger partial charge in [0, 0.05) is 28.3 Å². The highest BCUT2D eigenvalue weighted by Gasteiger charge is 2.27. The Labute approximate surface area is 88.2 Å². The van der Waals surface area contributed by atoms with Crippen LogP contribution in [0.3, 0.4) is 0 Å². The van der Waals surface area contributed by atoms with Gasteiger partial charge in [-0.15, -0.1) is 11.8 Å². The summed E-state index contributed by atoms with van der Waals surface area (Å²) in [6, 6.07) is 0. The van der Waals surface area contributed by atoms with Crippen LogP contribution in [0.1, 0.15) is 20.8 Å². The van der Waals surface area contributed by atoms with Crippen molar-refractivity contribution in [2.75, 3.05) is 12.3 Å². The van der Waals surface area contributed by atoms with E-state index in [0.717, 1.165) is 39.6 Å². The molecule has 0 saturated heterocycles. The van der Waals surface area contributed by atoms with E-state index in [1.807, 2.05) is 20.8 Å². The van der Waals surface area contributed by atoms with E-state index in [2.05, 4.69) is 4.99 Å². The predicted molar refractivity (Wildman–Crippen MR) is 60.8 cm³/mol. The topological polar surface area (TPSA) is 29.4 Å². The monoisotopic (exact) mass is 207 g/mol. The first-order valence-electron chi connectivity index (χ1n) is 4.74. The summed E-state index contributed by atoms with van der Waals surface area (Å²) < 4.78 is 0. The molecule has 14 heavy (non-hydrogen) atoms. The average molecular weight is 207 g/mol. The van der Waals surface area contributed by atoms with Gasteiger partial charge in [0.1, 0.15) is 0 Å². The zero-order chi connectivity index (χ0) is 10.3. The third-order valence-corrected chi connectivity index (χ3v) is 3.94. The Kier molecular flexibility index (Phi) is 2.35. The molecule has 0 atom stereocenters. The summed E-state index contributed by atoms with van der Waals surface area (Å²) in [5.41, 5.74) is 3.84. The number of aliphatic imine (C=N–C) groups is 1. The van der Waals surface area contributed by atoms with E-state index < -0.39 is 0 Å². The van der Waals surface area contributed by atoms with Crippen LogP contribution in [-0.2, 0) is 4.79 Å². The summed E-state index contributed by atoms with van der Waals surface area (Å²) >= 11 is 1.76. The van der Waals surface area contributed by atoms with Gasteiger partial charge < -0.3 is 0 Å². The number of Topliss-reactive ketones (excluding diaryl/α,β-unsaturated/α-hetero) is 1. The minimum absolute atomic E-state index is 0.186. The van der Waals surface area contributed by atoms with Crippen LogP contribution >= 0.6 is 11.8 Å². The van der Waals surface area contributed by atoms with Crippen LogP contribution in [0.25, 0.3) is 0 Å². The molecular formula is C11H13NOS. The maximum absolute atomic E-state index is 11.8. The van der Waals surface area contributed by atoms with Crippen molar-refractivity contribution in [3.05, 3.63) is 21.6 Å². The molecule has 0 radical (unpaired) electrons. The van der Waals surface area contributed by atoms with Crippen molar-refractivity contribution < 1.29 is 4.79 Å². The molecule has 0 N–H and O–H groups in total. The SMILES string of the molecule is CC1=C(C)C2=NCCSC2=C(C)C1=O. The summed E-state index contributed by atoms with van der Waals surface area (Å²) in [5.74, 6) is 1.18. The Balaban J connectivity index is 2.60. The first kappa shape index (κ1) is 9.71. The highest BCUT2D eigenvalue weighted by Crippen LogP contribution is 2.34. The Morgan fingerprint density at radius 2 is 1.86 bits per heavy atom. The number of thioether (sulfide) groups is 1. The summed E-state index contributed by atoms with van der Waals surface area (Å²) in [4.78, 5) is 17.4. The Hall–Kier alpha value is -0.830. The van der Waals surface area contributed by atoms with Crippen molar-refractivity contribution in [2.45, 2.75) is 20.8 Å². The van der Waals surface area contributed by atoms with E-state index in [1.54, 1.807) is 11.8 Å². The molecule has 3 heteroatoms. The smallest absolute Gasteiger partial charge is 0.185 e. The zero-order valence-electron chi connectivity index (χ0n) is 8.68. The molecule has 0 saturated carbocycles. The molecule has 2 rings (SSSR count). The third-order valence-electron chi connectivity index (χ3n) is 2.76. The van der Waals surface area contributed by atoms with E-state index in [9.17, 15) is 4.79 Å².